The second-order valence-corrected chi connectivity index (χ2v) is 4.27. The minimum Gasteiger partial charge on any atom is -0.490 e. The minimum absolute atomic E-state index is 0.0786. The lowest BCUT2D eigenvalue weighted by Crippen LogP contribution is -2.13. The molecular formula is C13H18O4. The lowest BCUT2D eigenvalue weighted by atomic mass is 10.1. The smallest absolute Gasteiger partial charge is 0.343 e. The highest BCUT2D eigenvalue weighted by molar-refractivity contribution is 5.94. The highest BCUT2D eigenvalue weighted by Gasteiger charge is 2.19. The first kappa shape index (κ1) is 13.4. The largest absolute Gasteiger partial charge is 0.490 e. The molecule has 0 spiro atoms. The zero-order chi connectivity index (χ0) is 13.0. The summed E-state index contributed by atoms with van der Waals surface area (Å²) in [5.41, 5.74) is 0.0786. The van der Waals surface area contributed by atoms with Crippen LogP contribution in [0.2, 0.25) is 0 Å². The molecule has 1 aromatic carbocycles. The molecule has 17 heavy (non-hydrogen) atoms. The van der Waals surface area contributed by atoms with Gasteiger partial charge in [-0.2, -0.15) is 0 Å². The molecule has 0 aliphatic heterocycles. The molecule has 0 saturated carbocycles. The second kappa shape index (κ2) is 5.57. The van der Waals surface area contributed by atoms with E-state index in [1.165, 1.54) is 0 Å². The fraction of sp³-hybridized carbons (Fsp3) is 0.462. The molecule has 4 heteroatoms. The summed E-state index contributed by atoms with van der Waals surface area (Å²) in [6, 6.07) is 5.00. The number of hydrogen-bond donors (Lipinski definition) is 1. The molecule has 94 valence electrons. The van der Waals surface area contributed by atoms with Crippen LogP contribution in [0.4, 0.5) is 0 Å². The van der Waals surface area contributed by atoms with Crippen molar-refractivity contribution in [2.24, 2.45) is 0 Å². The van der Waals surface area contributed by atoms with E-state index in [1.807, 2.05) is 27.7 Å². The van der Waals surface area contributed by atoms with Gasteiger partial charge in [-0.3, -0.25) is 0 Å². The monoisotopic (exact) mass is 238 g/mol. The number of carboxylic acid groups (broad SMARTS) is 1. The molecule has 0 heterocycles. The van der Waals surface area contributed by atoms with E-state index in [4.69, 9.17) is 9.47 Å². The summed E-state index contributed by atoms with van der Waals surface area (Å²) in [7, 11) is 0. The van der Waals surface area contributed by atoms with Gasteiger partial charge in [0.1, 0.15) is 17.1 Å². The van der Waals surface area contributed by atoms with Gasteiger partial charge in [0.15, 0.2) is 0 Å². The van der Waals surface area contributed by atoms with Crippen molar-refractivity contribution in [3.8, 4) is 11.5 Å². The Hall–Kier alpha value is -1.71. The van der Waals surface area contributed by atoms with Crippen molar-refractivity contribution < 1.29 is 19.4 Å². The predicted molar refractivity (Wildman–Crippen MR) is 64.9 cm³/mol. The average molecular weight is 238 g/mol. The summed E-state index contributed by atoms with van der Waals surface area (Å²) in [4.78, 5) is 11.2. The molecule has 4 nitrogen and oxygen atoms in total. The lowest BCUT2D eigenvalue weighted by molar-refractivity contribution is 0.0683. The van der Waals surface area contributed by atoms with E-state index in [2.05, 4.69) is 0 Å². The number of ether oxygens (including phenoxy) is 2. The van der Waals surface area contributed by atoms with Crippen molar-refractivity contribution >= 4 is 5.97 Å². The van der Waals surface area contributed by atoms with Gasteiger partial charge >= 0.3 is 5.97 Å². The Labute approximate surface area is 101 Å². The van der Waals surface area contributed by atoms with Crippen LogP contribution in [-0.4, -0.2) is 23.3 Å². The number of rotatable bonds is 5. The SMILES string of the molecule is CC(C)Oc1cccc(OC(C)C)c1C(=O)O. The van der Waals surface area contributed by atoms with Gasteiger partial charge in [-0.1, -0.05) is 6.07 Å². The molecule has 0 aliphatic carbocycles. The van der Waals surface area contributed by atoms with E-state index in [9.17, 15) is 9.90 Å². The summed E-state index contributed by atoms with van der Waals surface area (Å²) in [5, 5.41) is 9.21. The summed E-state index contributed by atoms with van der Waals surface area (Å²) in [6.45, 7) is 7.40. The van der Waals surface area contributed by atoms with Crippen molar-refractivity contribution in [3.05, 3.63) is 23.8 Å². The Morgan fingerprint density at radius 3 is 1.76 bits per heavy atom. The fourth-order valence-electron chi connectivity index (χ4n) is 1.43. The van der Waals surface area contributed by atoms with Crippen LogP contribution in [0.25, 0.3) is 0 Å². The lowest BCUT2D eigenvalue weighted by Gasteiger charge is -2.17. The van der Waals surface area contributed by atoms with Crippen LogP contribution in [0, 0.1) is 0 Å². The highest BCUT2D eigenvalue weighted by atomic mass is 16.5. The van der Waals surface area contributed by atoms with E-state index in [-0.39, 0.29) is 17.8 Å². The summed E-state index contributed by atoms with van der Waals surface area (Å²) in [6.07, 6.45) is -0.162. The quantitative estimate of drug-likeness (QED) is 0.856. The summed E-state index contributed by atoms with van der Waals surface area (Å²) in [5.74, 6) is -0.367. The molecule has 0 aliphatic rings. The molecule has 0 radical (unpaired) electrons. The fourth-order valence-corrected chi connectivity index (χ4v) is 1.43. The number of aromatic carboxylic acids is 1. The van der Waals surface area contributed by atoms with Crippen LogP contribution in [-0.2, 0) is 0 Å². The topological polar surface area (TPSA) is 55.8 Å². The zero-order valence-corrected chi connectivity index (χ0v) is 10.6. The van der Waals surface area contributed by atoms with Crippen LogP contribution >= 0.6 is 0 Å². The van der Waals surface area contributed by atoms with Gasteiger partial charge in [-0.05, 0) is 39.8 Å². The van der Waals surface area contributed by atoms with Gasteiger partial charge in [-0.15, -0.1) is 0 Å². The van der Waals surface area contributed by atoms with Crippen molar-refractivity contribution in [1.29, 1.82) is 0 Å². The standard InChI is InChI=1S/C13H18O4/c1-8(2)16-10-6-5-7-11(17-9(3)4)12(10)13(14)15/h5-9H,1-4H3,(H,14,15). The Kier molecular flexibility index (Phi) is 4.37. The average Bonchev–Trinajstić information content (AvgIpc) is 2.14. The summed E-state index contributed by atoms with van der Waals surface area (Å²) < 4.78 is 10.9. The van der Waals surface area contributed by atoms with Gasteiger partial charge in [0.05, 0.1) is 12.2 Å². The van der Waals surface area contributed by atoms with E-state index in [0.29, 0.717) is 11.5 Å². The van der Waals surface area contributed by atoms with Gasteiger partial charge in [0.25, 0.3) is 0 Å². The van der Waals surface area contributed by atoms with Gasteiger partial charge in [-0.25, -0.2) is 4.79 Å². The molecule has 1 N–H and O–H groups in total. The maximum Gasteiger partial charge on any atom is 0.343 e. The molecule has 1 rings (SSSR count). The van der Waals surface area contributed by atoms with Crippen molar-refractivity contribution in [1.82, 2.24) is 0 Å². The van der Waals surface area contributed by atoms with Crippen molar-refractivity contribution in [2.45, 2.75) is 39.9 Å². The van der Waals surface area contributed by atoms with E-state index in [1.54, 1.807) is 18.2 Å². The molecule has 0 unspecified atom stereocenters. The first-order valence-corrected chi connectivity index (χ1v) is 5.61. The molecule has 0 bridgehead atoms. The third kappa shape index (κ3) is 3.66. The van der Waals surface area contributed by atoms with E-state index in [0.717, 1.165) is 0 Å². The van der Waals surface area contributed by atoms with Crippen molar-refractivity contribution in [3.63, 3.8) is 0 Å². The molecule has 0 amide bonds. The number of hydrogen-bond acceptors (Lipinski definition) is 3. The van der Waals surface area contributed by atoms with Crippen LogP contribution in [0.15, 0.2) is 18.2 Å². The third-order valence-electron chi connectivity index (χ3n) is 1.93. The second-order valence-electron chi connectivity index (χ2n) is 4.27. The van der Waals surface area contributed by atoms with Crippen LogP contribution in [0.3, 0.4) is 0 Å². The van der Waals surface area contributed by atoms with Gasteiger partial charge in [0, 0.05) is 0 Å². The maximum absolute atomic E-state index is 11.2. The molecular weight excluding hydrogens is 220 g/mol. The Morgan fingerprint density at radius 2 is 1.47 bits per heavy atom. The first-order chi connectivity index (χ1) is 7.91. The number of carbonyl (C=O) groups is 1. The number of benzene rings is 1. The van der Waals surface area contributed by atoms with Gasteiger partial charge < -0.3 is 14.6 Å². The normalized spacial score (nSPS) is 10.7. The molecule has 0 atom stereocenters. The molecule has 0 saturated heterocycles. The molecule has 0 fully saturated rings. The van der Waals surface area contributed by atoms with Crippen LogP contribution < -0.4 is 9.47 Å². The maximum atomic E-state index is 11.2. The number of carboxylic acids is 1. The van der Waals surface area contributed by atoms with Crippen LogP contribution in [0.1, 0.15) is 38.1 Å². The summed E-state index contributed by atoms with van der Waals surface area (Å²) >= 11 is 0. The Morgan fingerprint density at radius 1 is 1.06 bits per heavy atom. The third-order valence-corrected chi connectivity index (χ3v) is 1.93. The molecule has 1 aromatic rings. The Bertz CT molecular complexity index is 368. The Balaban J connectivity index is 3.17. The predicted octanol–water partition coefficient (Wildman–Crippen LogP) is 2.96. The van der Waals surface area contributed by atoms with E-state index < -0.39 is 5.97 Å². The zero-order valence-electron chi connectivity index (χ0n) is 10.6. The van der Waals surface area contributed by atoms with Crippen LogP contribution in [0.5, 0.6) is 11.5 Å². The highest BCUT2D eigenvalue weighted by Crippen LogP contribution is 2.30. The van der Waals surface area contributed by atoms with Crippen molar-refractivity contribution in [2.75, 3.05) is 0 Å². The first-order valence-electron chi connectivity index (χ1n) is 5.61. The minimum atomic E-state index is -1.04. The van der Waals surface area contributed by atoms with E-state index >= 15 is 0 Å². The van der Waals surface area contributed by atoms with Gasteiger partial charge in [0.2, 0.25) is 0 Å². The molecule has 0 aromatic heterocycles.